The molecule has 4 heteroatoms. The van der Waals surface area contributed by atoms with Gasteiger partial charge in [0.2, 0.25) is 0 Å². The van der Waals surface area contributed by atoms with Gasteiger partial charge in [0.25, 0.3) is 0 Å². The molecule has 1 aromatic rings. The molecule has 0 aromatic heterocycles. The molecule has 0 spiro atoms. The second kappa shape index (κ2) is 8.87. The van der Waals surface area contributed by atoms with Gasteiger partial charge in [-0.25, -0.2) is 0 Å². The minimum Gasteiger partial charge on any atom is -0.497 e. The normalized spacial score (nSPS) is 11.6. The van der Waals surface area contributed by atoms with Gasteiger partial charge >= 0.3 is 0 Å². The van der Waals surface area contributed by atoms with Gasteiger partial charge in [0, 0.05) is 17.9 Å². The number of hydrogen-bond acceptors (Lipinski definition) is 4. The van der Waals surface area contributed by atoms with Crippen LogP contribution in [-0.4, -0.2) is 36.3 Å². The molecule has 3 nitrogen and oxygen atoms in total. The van der Waals surface area contributed by atoms with Crippen molar-refractivity contribution in [1.29, 1.82) is 0 Å². The molecule has 1 atom stereocenters. The van der Waals surface area contributed by atoms with E-state index in [1.807, 2.05) is 25.1 Å². The molecule has 0 fully saturated rings. The average molecular weight is 280 g/mol. The van der Waals surface area contributed by atoms with E-state index in [-0.39, 0.29) is 13.2 Å². The van der Waals surface area contributed by atoms with Crippen LogP contribution in [0.4, 0.5) is 0 Å². The van der Waals surface area contributed by atoms with Gasteiger partial charge in [0.15, 0.2) is 0 Å². The lowest BCUT2D eigenvalue weighted by Gasteiger charge is -2.10. The summed E-state index contributed by atoms with van der Waals surface area (Å²) in [4.78, 5) is 0. The van der Waals surface area contributed by atoms with Gasteiger partial charge in [-0.15, -0.1) is 0 Å². The van der Waals surface area contributed by atoms with Crippen LogP contribution in [0.3, 0.4) is 0 Å². The van der Waals surface area contributed by atoms with Gasteiger partial charge in [0.05, 0.1) is 7.11 Å². The van der Waals surface area contributed by atoms with E-state index in [4.69, 9.17) is 14.9 Å². The number of benzene rings is 1. The highest BCUT2D eigenvalue weighted by atomic mass is 32.2. The Balaban J connectivity index is 2.76. The summed E-state index contributed by atoms with van der Waals surface area (Å²) in [5.74, 6) is 8.44. The highest BCUT2D eigenvalue weighted by molar-refractivity contribution is 7.98. The number of thioether (sulfide) groups is 1. The van der Waals surface area contributed by atoms with Crippen molar-refractivity contribution in [2.45, 2.75) is 12.7 Å². The first-order chi connectivity index (χ1) is 9.21. The zero-order valence-corrected chi connectivity index (χ0v) is 12.2. The molecule has 0 saturated carbocycles. The Hall–Kier alpha value is -1.15. The van der Waals surface area contributed by atoms with Gasteiger partial charge in [-0.2, -0.15) is 11.8 Å². The van der Waals surface area contributed by atoms with Crippen LogP contribution in [-0.2, 0) is 5.75 Å². The van der Waals surface area contributed by atoms with Crippen LogP contribution in [0.15, 0.2) is 18.2 Å². The van der Waals surface area contributed by atoms with Crippen molar-refractivity contribution >= 4 is 11.8 Å². The maximum absolute atomic E-state index is 9.00. The van der Waals surface area contributed by atoms with Crippen LogP contribution in [0.25, 0.3) is 0 Å². The van der Waals surface area contributed by atoms with E-state index in [2.05, 4.69) is 11.8 Å². The first-order valence-corrected chi connectivity index (χ1v) is 7.32. The Kier molecular flexibility index (Phi) is 7.42. The second-order valence-corrected chi connectivity index (χ2v) is 5.32. The molecule has 0 amide bonds. The molecule has 2 N–H and O–H groups in total. The van der Waals surface area contributed by atoms with Crippen LogP contribution in [0, 0.1) is 17.8 Å². The van der Waals surface area contributed by atoms with Crippen molar-refractivity contribution in [2.75, 3.05) is 26.1 Å². The summed E-state index contributed by atoms with van der Waals surface area (Å²) in [6, 6.07) is 5.75. The van der Waals surface area contributed by atoms with Crippen molar-refractivity contribution in [3.63, 3.8) is 0 Å². The summed E-state index contributed by atoms with van der Waals surface area (Å²) >= 11 is 1.76. The third-order valence-corrected chi connectivity index (χ3v) is 3.91. The van der Waals surface area contributed by atoms with E-state index in [9.17, 15) is 0 Å². The van der Waals surface area contributed by atoms with Crippen molar-refractivity contribution in [3.05, 3.63) is 29.3 Å². The summed E-state index contributed by atoms with van der Waals surface area (Å²) < 4.78 is 5.22. The van der Waals surface area contributed by atoms with Gasteiger partial charge in [-0.05, 0) is 35.4 Å². The van der Waals surface area contributed by atoms with Crippen LogP contribution < -0.4 is 4.74 Å². The molecule has 1 unspecified atom stereocenters. The molecular weight excluding hydrogens is 260 g/mol. The lowest BCUT2D eigenvalue weighted by molar-refractivity contribution is 0.250. The monoisotopic (exact) mass is 280 g/mol. The molecule has 104 valence electrons. The summed E-state index contributed by atoms with van der Waals surface area (Å²) in [5.41, 5.74) is 2.01. The fourth-order valence-corrected chi connectivity index (χ4v) is 2.58. The SMILES string of the molecule is COc1ccc(C#CCO)c(CSCC(C)CO)c1. The average Bonchev–Trinajstić information content (AvgIpc) is 2.45. The van der Waals surface area contributed by atoms with E-state index in [0.717, 1.165) is 28.4 Å². The minimum absolute atomic E-state index is 0.139. The highest BCUT2D eigenvalue weighted by Gasteiger charge is 2.05. The predicted octanol–water partition coefficient (Wildman–Crippen LogP) is 1.90. The Morgan fingerprint density at radius 3 is 2.79 bits per heavy atom. The van der Waals surface area contributed by atoms with Gasteiger partial charge in [-0.1, -0.05) is 18.8 Å². The molecule has 1 aromatic carbocycles. The fraction of sp³-hybridized carbons (Fsp3) is 0.467. The fourth-order valence-electron chi connectivity index (χ4n) is 1.50. The number of aliphatic hydroxyl groups excluding tert-OH is 2. The van der Waals surface area contributed by atoms with Crippen LogP contribution >= 0.6 is 11.8 Å². The molecule has 0 saturated heterocycles. The first kappa shape index (κ1) is 15.9. The summed E-state index contributed by atoms with van der Waals surface area (Å²) in [6.07, 6.45) is 0. The van der Waals surface area contributed by atoms with Crippen molar-refractivity contribution in [1.82, 2.24) is 0 Å². The van der Waals surface area contributed by atoms with Crippen molar-refractivity contribution < 1.29 is 14.9 Å². The van der Waals surface area contributed by atoms with Crippen LogP contribution in [0.5, 0.6) is 5.75 Å². The zero-order valence-electron chi connectivity index (χ0n) is 11.3. The van der Waals surface area contributed by atoms with Crippen molar-refractivity contribution in [2.24, 2.45) is 5.92 Å². The molecule has 19 heavy (non-hydrogen) atoms. The Labute approximate surface area is 119 Å². The quantitative estimate of drug-likeness (QED) is 0.782. The van der Waals surface area contributed by atoms with E-state index in [1.54, 1.807) is 18.9 Å². The molecule has 0 heterocycles. The zero-order chi connectivity index (χ0) is 14.1. The topological polar surface area (TPSA) is 49.7 Å². The largest absolute Gasteiger partial charge is 0.497 e. The van der Waals surface area contributed by atoms with Gasteiger partial charge < -0.3 is 14.9 Å². The summed E-state index contributed by atoms with van der Waals surface area (Å²) in [6.45, 7) is 2.09. The number of rotatable bonds is 6. The number of ether oxygens (including phenoxy) is 1. The number of hydrogen-bond donors (Lipinski definition) is 2. The maximum atomic E-state index is 9.00. The van der Waals surface area contributed by atoms with E-state index in [0.29, 0.717) is 5.92 Å². The predicted molar refractivity (Wildman–Crippen MR) is 79.4 cm³/mol. The Morgan fingerprint density at radius 1 is 1.37 bits per heavy atom. The molecule has 0 aliphatic heterocycles. The third-order valence-electron chi connectivity index (χ3n) is 2.59. The van der Waals surface area contributed by atoms with E-state index >= 15 is 0 Å². The third kappa shape index (κ3) is 5.56. The van der Waals surface area contributed by atoms with Gasteiger partial charge in [0.1, 0.15) is 12.4 Å². The standard InChI is InChI=1S/C15H20O3S/c1-12(9-17)10-19-11-14-8-15(18-2)6-5-13(14)4-3-7-16/h5-6,8,12,16-17H,7,9-11H2,1-2H3. The summed E-state index contributed by atoms with van der Waals surface area (Å²) in [5, 5.41) is 17.8. The molecule has 0 bridgehead atoms. The van der Waals surface area contributed by atoms with Crippen LogP contribution in [0.1, 0.15) is 18.1 Å². The molecule has 0 radical (unpaired) electrons. The molecular formula is C15H20O3S. The maximum Gasteiger partial charge on any atom is 0.119 e. The smallest absolute Gasteiger partial charge is 0.119 e. The summed E-state index contributed by atoms with van der Waals surface area (Å²) in [7, 11) is 1.64. The lowest BCUT2D eigenvalue weighted by Crippen LogP contribution is -2.03. The van der Waals surface area contributed by atoms with E-state index in [1.165, 1.54) is 0 Å². The molecule has 0 aliphatic rings. The lowest BCUT2D eigenvalue weighted by atomic mass is 10.1. The highest BCUT2D eigenvalue weighted by Crippen LogP contribution is 2.23. The van der Waals surface area contributed by atoms with Crippen LogP contribution in [0.2, 0.25) is 0 Å². The first-order valence-electron chi connectivity index (χ1n) is 6.16. The van der Waals surface area contributed by atoms with Crippen molar-refractivity contribution in [3.8, 4) is 17.6 Å². The van der Waals surface area contributed by atoms with Gasteiger partial charge in [-0.3, -0.25) is 0 Å². The molecule has 1 rings (SSSR count). The Bertz CT molecular complexity index is 448. The Morgan fingerprint density at radius 2 is 2.16 bits per heavy atom. The number of aliphatic hydroxyl groups is 2. The van der Waals surface area contributed by atoms with E-state index < -0.39 is 0 Å². The minimum atomic E-state index is -0.139. The molecule has 0 aliphatic carbocycles. The second-order valence-electron chi connectivity index (χ2n) is 4.29. The number of methoxy groups -OCH3 is 1.